The molecule has 2 heterocycles. The van der Waals surface area contributed by atoms with Gasteiger partial charge in [-0.1, -0.05) is 60.9 Å². The van der Waals surface area contributed by atoms with E-state index < -0.39 is 0 Å². The van der Waals surface area contributed by atoms with Gasteiger partial charge in [0.05, 0.1) is 18.2 Å². The van der Waals surface area contributed by atoms with E-state index in [0.29, 0.717) is 11.8 Å². The highest BCUT2D eigenvalue weighted by atomic mass is 32.2. The molecule has 1 N–H and O–H groups in total. The van der Waals surface area contributed by atoms with Crippen LogP contribution in [0.5, 0.6) is 0 Å². The van der Waals surface area contributed by atoms with E-state index in [1.165, 1.54) is 42.8 Å². The number of hydrazone groups is 1. The Hall–Kier alpha value is -2.87. The third-order valence-electron chi connectivity index (χ3n) is 5.17. The second kappa shape index (κ2) is 9.75. The number of thioether (sulfide) groups is 1. The van der Waals surface area contributed by atoms with Gasteiger partial charge in [-0.2, -0.15) is 5.10 Å². The van der Waals surface area contributed by atoms with E-state index >= 15 is 0 Å². The van der Waals surface area contributed by atoms with Crippen LogP contribution in [0, 0.1) is 6.92 Å². The largest absolute Gasteiger partial charge is 0.463 e. The number of benzene rings is 1. The lowest BCUT2D eigenvalue weighted by Gasteiger charge is -2.25. The molecule has 1 aliphatic carbocycles. The molecular formula is C22H25N5O2S. The minimum Gasteiger partial charge on any atom is -0.463 e. The van der Waals surface area contributed by atoms with Gasteiger partial charge in [0.15, 0.2) is 11.0 Å². The summed E-state index contributed by atoms with van der Waals surface area (Å²) in [6.45, 7) is 2.07. The van der Waals surface area contributed by atoms with E-state index in [4.69, 9.17) is 4.42 Å². The van der Waals surface area contributed by atoms with Gasteiger partial charge in [0.1, 0.15) is 5.76 Å². The van der Waals surface area contributed by atoms with Crippen LogP contribution in [0.15, 0.2) is 57.3 Å². The summed E-state index contributed by atoms with van der Waals surface area (Å²) in [5.74, 6) is 1.48. The third kappa shape index (κ3) is 4.99. The molecule has 0 unspecified atom stereocenters. The van der Waals surface area contributed by atoms with Gasteiger partial charge in [-0.25, -0.2) is 5.43 Å². The number of carbonyl (C=O) groups excluding carboxylic acids is 1. The lowest BCUT2D eigenvalue weighted by Crippen LogP contribution is -2.20. The lowest BCUT2D eigenvalue weighted by molar-refractivity contribution is -0.118. The summed E-state index contributed by atoms with van der Waals surface area (Å²) >= 11 is 1.40. The summed E-state index contributed by atoms with van der Waals surface area (Å²) in [4.78, 5) is 12.2. The summed E-state index contributed by atoms with van der Waals surface area (Å²) in [7, 11) is 0. The number of nitrogens with zero attached hydrogens (tertiary/aromatic N) is 4. The topological polar surface area (TPSA) is 85.3 Å². The van der Waals surface area contributed by atoms with Crippen molar-refractivity contribution in [2.24, 2.45) is 5.10 Å². The Morgan fingerprint density at radius 2 is 2.03 bits per heavy atom. The van der Waals surface area contributed by atoms with E-state index in [1.807, 2.05) is 0 Å². The Kier molecular flexibility index (Phi) is 6.63. The maximum Gasteiger partial charge on any atom is 0.250 e. The average Bonchev–Trinajstić information content (AvgIpc) is 3.43. The summed E-state index contributed by atoms with van der Waals surface area (Å²) < 4.78 is 7.38. The SMILES string of the molecule is Cc1ccc(-c2nnc(SCC(=O)N/N=C\c3ccco3)n2C2CCCCC2)cc1. The number of rotatable bonds is 7. The van der Waals surface area contributed by atoms with Crippen LogP contribution in [0.3, 0.4) is 0 Å². The van der Waals surface area contributed by atoms with Crippen LogP contribution in [-0.4, -0.2) is 32.6 Å². The van der Waals surface area contributed by atoms with E-state index in [1.54, 1.807) is 18.4 Å². The molecule has 0 atom stereocenters. The summed E-state index contributed by atoms with van der Waals surface area (Å²) in [6.07, 6.45) is 8.96. The van der Waals surface area contributed by atoms with Crippen molar-refractivity contribution in [2.75, 3.05) is 5.75 Å². The molecule has 7 nitrogen and oxygen atoms in total. The predicted octanol–water partition coefficient (Wildman–Crippen LogP) is 4.59. The fraction of sp³-hybridized carbons (Fsp3) is 0.364. The van der Waals surface area contributed by atoms with Crippen molar-refractivity contribution < 1.29 is 9.21 Å². The summed E-state index contributed by atoms with van der Waals surface area (Å²) in [5.41, 5.74) is 4.79. The molecule has 1 aliphatic rings. The van der Waals surface area contributed by atoms with Gasteiger partial charge >= 0.3 is 0 Å². The van der Waals surface area contributed by atoms with Crippen molar-refractivity contribution in [2.45, 2.75) is 50.2 Å². The molecule has 156 valence electrons. The first kappa shape index (κ1) is 20.4. The van der Waals surface area contributed by atoms with E-state index in [0.717, 1.165) is 29.4 Å². The van der Waals surface area contributed by atoms with Crippen LogP contribution in [0.4, 0.5) is 0 Å². The van der Waals surface area contributed by atoms with Crippen LogP contribution >= 0.6 is 11.8 Å². The molecule has 8 heteroatoms. The number of amides is 1. The van der Waals surface area contributed by atoms with Crippen LogP contribution in [0.1, 0.15) is 49.5 Å². The van der Waals surface area contributed by atoms with E-state index in [-0.39, 0.29) is 11.7 Å². The maximum atomic E-state index is 12.2. The fourth-order valence-electron chi connectivity index (χ4n) is 3.64. The normalized spacial score (nSPS) is 15.0. The molecule has 0 bridgehead atoms. The fourth-order valence-corrected chi connectivity index (χ4v) is 4.44. The molecule has 1 saturated carbocycles. The smallest absolute Gasteiger partial charge is 0.250 e. The van der Waals surface area contributed by atoms with E-state index in [9.17, 15) is 4.79 Å². The van der Waals surface area contributed by atoms with Gasteiger partial charge in [0.25, 0.3) is 5.91 Å². The molecule has 1 aromatic carbocycles. The van der Waals surface area contributed by atoms with Crippen molar-refractivity contribution >= 4 is 23.9 Å². The van der Waals surface area contributed by atoms with Crippen molar-refractivity contribution in [1.29, 1.82) is 0 Å². The van der Waals surface area contributed by atoms with Crippen LogP contribution < -0.4 is 5.43 Å². The van der Waals surface area contributed by atoms with Gasteiger partial charge in [-0.3, -0.25) is 9.36 Å². The number of hydrogen-bond donors (Lipinski definition) is 1. The van der Waals surface area contributed by atoms with Crippen molar-refractivity contribution in [3.05, 3.63) is 54.0 Å². The number of aryl methyl sites for hydroxylation is 1. The Morgan fingerprint density at radius 3 is 2.77 bits per heavy atom. The van der Waals surface area contributed by atoms with Gasteiger partial charge < -0.3 is 4.42 Å². The summed E-state index contributed by atoms with van der Waals surface area (Å²) in [5, 5.41) is 13.6. The molecule has 0 radical (unpaired) electrons. The first-order valence-corrected chi connectivity index (χ1v) is 11.2. The zero-order valence-corrected chi connectivity index (χ0v) is 17.8. The second-order valence-corrected chi connectivity index (χ2v) is 8.37. The van der Waals surface area contributed by atoms with Crippen molar-refractivity contribution in [1.82, 2.24) is 20.2 Å². The van der Waals surface area contributed by atoms with E-state index in [2.05, 4.69) is 56.5 Å². The highest BCUT2D eigenvalue weighted by Crippen LogP contribution is 2.35. The van der Waals surface area contributed by atoms with Gasteiger partial charge in [-0.15, -0.1) is 10.2 Å². The number of carbonyl (C=O) groups is 1. The monoisotopic (exact) mass is 423 g/mol. The maximum absolute atomic E-state index is 12.2. The first-order chi connectivity index (χ1) is 14.7. The van der Waals surface area contributed by atoms with Crippen molar-refractivity contribution in [3.8, 4) is 11.4 Å². The molecule has 1 amide bonds. The number of furan rings is 1. The van der Waals surface area contributed by atoms with Crippen LogP contribution in [-0.2, 0) is 4.79 Å². The molecule has 1 fully saturated rings. The standard InChI is InChI=1S/C22H25N5O2S/c1-16-9-11-17(12-10-16)21-25-26-22(27(21)18-6-3-2-4-7-18)30-15-20(28)24-23-14-19-8-5-13-29-19/h5,8-14,18H,2-4,6-7,15H2,1H3,(H,24,28)/b23-14-. The van der Waals surface area contributed by atoms with Gasteiger partial charge in [0, 0.05) is 11.6 Å². The number of hydrogen-bond acceptors (Lipinski definition) is 6. The highest BCUT2D eigenvalue weighted by molar-refractivity contribution is 7.99. The predicted molar refractivity (Wildman–Crippen MR) is 117 cm³/mol. The van der Waals surface area contributed by atoms with Gasteiger partial charge in [-0.05, 0) is 31.9 Å². The van der Waals surface area contributed by atoms with Crippen LogP contribution in [0.2, 0.25) is 0 Å². The highest BCUT2D eigenvalue weighted by Gasteiger charge is 2.24. The Labute approximate surface area is 180 Å². The molecule has 30 heavy (non-hydrogen) atoms. The molecule has 0 spiro atoms. The van der Waals surface area contributed by atoms with Gasteiger partial charge in [0.2, 0.25) is 0 Å². The minimum atomic E-state index is -0.196. The molecule has 4 rings (SSSR count). The Morgan fingerprint density at radius 1 is 1.23 bits per heavy atom. The minimum absolute atomic E-state index is 0.196. The Balaban J connectivity index is 1.48. The third-order valence-corrected chi connectivity index (χ3v) is 6.11. The lowest BCUT2D eigenvalue weighted by atomic mass is 9.95. The molecule has 0 saturated heterocycles. The molecule has 0 aliphatic heterocycles. The average molecular weight is 424 g/mol. The second-order valence-electron chi connectivity index (χ2n) is 7.43. The molecule has 2 aromatic heterocycles. The zero-order valence-electron chi connectivity index (χ0n) is 17.0. The Bertz CT molecular complexity index is 989. The zero-order chi connectivity index (χ0) is 20.8. The number of aromatic nitrogens is 3. The number of nitrogens with one attached hydrogen (secondary N) is 1. The quantitative estimate of drug-likeness (QED) is 0.341. The molecule has 3 aromatic rings. The van der Waals surface area contributed by atoms with Crippen molar-refractivity contribution in [3.63, 3.8) is 0 Å². The summed E-state index contributed by atoms with van der Waals surface area (Å²) in [6, 6.07) is 12.3. The molecular weight excluding hydrogens is 398 g/mol. The van der Waals surface area contributed by atoms with Crippen LogP contribution in [0.25, 0.3) is 11.4 Å². The first-order valence-electron chi connectivity index (χ1n) is 10.2.